The zero-order valence-electron chi connectivity index (χ0n) is 8.59. The van der Waals surface area contributed by atoms with Crippen LogP contribution >= 0.6 is 0 Å². The number of carbonyl (C=O) groups excluding carboxylic acids is 1. The molecule has 4 heteroatoms. The van der Waals surface area contributed by atoms with Gasteiger partial charge in [-0.05, 0) is 18.8 Å². The largest absolute Gasteiger partial charge is 0.396 e. The van der Waals surface area contributed by atoms with Gasteiger partial charge in [0.15, 0.2) is 0 Å². The van der Waals surface area contributed by atoms with Crippen molar-refractivity contribution in [2.45, 2.75) is 32.1 Å². The summed E-state index contributed by atoms with van der Waals surface area (Å²) in [5, 5.41) is 14.0. The number of nitrogens with one attached hydrogen (secondary N) is 2. The van der Waals surface area contributed by atoms with Crippen LogP contribution in [0, 0.1) is 5.92 Å². The highest BCUT2D eigenvalue weighted by Crippen LogP contribution is 2.28. The lowest BCUT2D eigenvalue weighted by molar-refractivity contribution is 0.234. The van der Waals surface area contributed by atoms with E-state index in [1.807, 2.05) is 0 Å². The fourth-order valence-corrected chi connectivity index (χ4v) is 1.51. The van der Waals surface area contributed by atoms with Gasteiger partial charge in [0.05, 0.1) is 0 Å². The average Bonchev–Trinajstić information content (AvgIpc) is 2.10. The van der Waals surface area contributed by atoms with E-state index in [2.05, 4.69) is 10.6 Å². The van der Waals surface area contributed by atoms with E-state index in [0.29, 0.717) is 13.0 Å². The number of rotatable bonds is 6. The molecule has 0 aromatic carbocycles. The van der Waals surface area contributed by atoms with E-state index < -0.39 is 0 Å². The molecule has 0 spiro atoms. The third-order valence-corrected chi connectivity index (χ3v) is 2.68. The Morgan fingerprint density at radius 3 is 2.57 bits per heavy atom. The smallest absolute Gasteiger partial charge is 0.314 e. The molecule has 0 aliphatic heterocycles. The molecule has 1 rings (SSSR count). The SMILES string of the molecule is O=C(NCCCO)NCCC1CCC1. The zero-order chi connectivity index (χ0) is 10.2. The zero-order valence-corrected chi connectivity index (χ0v) is 8.59. The van der Waals surface area contributed by atoms with Crippen molar-refractivity contribution in [2.24, 2.45) is 5.92 Å². The van der Waals surface area contributed by atoms with E-state index in [1.54, 1.807) is 0 Å². The highest BCUT2D eigenvalue weighted by Gasteiger charge is 2.16. The van der Waals surface area contributed by atoms with Gasteiger partial charge in [0, 0.05) is 19.7 Å². The van der Waals surface area contributed by atoms with Crippen molar-refractivity contribution >= 4 is 6.03 Å². The Morgan fingerprint density at radius 1 is 1.29 bits per heavy atom. The number of carbonyl (C=O) groups is 1. The van der Waals surface area contributed by atoms with Crippen molar-refractivity contribution in [3.63, 3.8) is 0 Å². The molecule has 3 N–H and O–H groups in total. The van der Waals surface area contributed by atoms with Gasteiger partial charge in [0.1, 0.15) is 0 Å². The van der Waals surface area contributed by atoms with E-state index in [0.717, 1.165) is 18.9 Å². The molecule has 0 heterocycles. The van der Waals surface area contributed by atoms with Crippen LogP contribution < -0.4 is 10.6 Å². The number of urea groups is 1. The molecule has 0 bridgehead atoms. The molecular weight excluding hydrogens is 180 g/mol. The van der Waals surface area contributed by atoms with Gasteiger partial charge in [-0.15, -0.1) is 0 Å². The van der Waals surface area contributed by atoms with Crippen molar-refractivity contribution < 1.29 is 9.90 Å². The lowest BCUT2D eigenvalue weighted by Crippen LogP contribution is -2.37. The van der Waals surface area contributed by atoms with E-state index >= 15 is 0 Å². The summed E-state index contributed by atoms with van der Waals surface area (Å²) < 4.78 is 0. The number of amides is 2. The van der Waals surface area contributed by atoms with Crippen LogP contribution in [0.1, 0.15) is 32.1 Å². The summed E-state index contributed by atoms with van der Waals surface area (Å²) in [6, 6.07) is -0.113. The second-order valence-electron chi connectivity index (χ2n) is 3.85. The van der Waals surface area contributed by atoms with Gasteiger partial charge in [0.2, 0.25) is 0 Å². The van der Waals surface area contributed by atoms with Crippen LogP contribution in [-0.2, 0) is 0 Å². The lowest BCUT2D eigenvalue weighted by Gasteiger charge is -2.25. The summed E-state index contributed by atoms with van der Waals surface area (Å²) in [7, 11) is 0. The van der Waals surface area contributed by atoms with Gasteiger partial charge >= 0.3 is 6.03 Å². The number of hydrogen-bond donors (Lipinski definition) is 3. The Balaban J connectivity index is 1.86. The van der Waals surface area contributed by atoms with Gasteiger partial charge in [0.25, 0.3) is 0 Å². The molecule has 0 aromatic rings. The fraction of sp³-hybridized carbons (Fsp3) is 0.900. The Kier molecular flexibility index (Phi) is 5.37. The quantitative estimate of drug-likeness (QED) is 0.557. The lowest BCUT2D eigenvalue weighted by atomic mass is 9.83. The van der Waals surface area contributed by atoms with Gasteiger partial charge in [-0.2, -0.15) is 0 Å². The van der Waals surface area contributed by atoms with E-state index in [-0.39, 0.29) is 12.6 Å². The van der Waals surface area contributed by atoms with E-state index in [4.69, 9.17) is 5.11 Å². The predicted octanol–water partition coefficient (Wildman–Crippen LogP) is 0.858. The van der Waals surface area contributed by atoms with Crippen molar-refractivity contribution in [3.05, 3.63) is 0 Å². The van der Waals surface area contributed by atoms with Crippen molar-refractivity contribution in [2.75, 3.05) is 19.7 Å². The topological polar surface area (TPSA) is 61.4 Å². The molecule has 1 aliphatic carbocycles. The normalized spacial score (nSPS) is 16.1. The molecule has 0 unspecified atom stereocenters. The molecule has 0 atom stereocenters. The minimum atomic E-state index is -0.113. The molecule has 0 aromatic heterocycles. The van der Waals surface area contributed by atoms with Crippen LogP contribution in [0.4, 0.5) is 4.79 Å². The number of aliphatic hydroxyl groups is 1. The molecule has 0 radical (unpaired) electrons. The van der Waals surface area contributed by atoms with Crippen LogP contribution in [0.25, 0.3) is 0 Å². The Labute approximate surface area is 85.1 Å². The minimum Gasteiger partial charge on any atom is -0.396 e. The highest BCUT2D eigenvalue weighted by molar-refractivity contribution is 5.73. The number of hydrogen-bond acceptors (Lipinski definition) is 2. The molecule has 0 saturated heterocycles. The highest BCUT2D eigenvalue weighted by atomic mass is 16.3. The maximum atomic E-state index is 11.1. The Morgan fingerprint density at radius 2 is 2.00 bits per heavy atom. The molecule has 82 valence electrons. The van der Waals surface area contributed by atoms with E-state index in [9.17, 15) is 4.79 Å². The first kappa shape index (κ1) is 11.3. The maximum absolute atomic E-state index is 11.1. The van der Waals surface area contributed by atoms with Crippen LogP contribution in [0.5, 0.6) is 0 Å². The van der Waals surface area contributed by atoms with Crippen molar-refractivity contribution in [3.8, 4) is 0 Å². The summed E-state index contributed by atoms with van der Waals surface area (Å²) in [5.41, 5.74) is 0. The fourth-order valence-electron chi connectivity index (χ4n) is 1.51. The Bertz CT molecular complexity index is 170. The van der Waals surface area contributed by atoms with E-state index in [1.165, 1.54) is 19.3 Å². The Hall–Kier alpha value is -0.770. The maximum Gasteiger partial charge on any atom is 0.314 e. The van der Waals surface area contributed by atoms with Crippen LogP contribution in [0.2, 0.25) is 0 Å². The third kappa shape index (κ3) is 4.46. The first-order valence-corrected chi connectivity index (χ1v) is 5.45. The van der Waals surface area contributed by atoms with Gasteiger partial charge in [-0.1, -0.05) is 19.3 Å². The third-order valence-electron chi connectivity index (χ3n) is 2.68. The summed E-state index contributed by atoms with van der Waals surface area (Å²) in [5.74, 6) is 0.841. The number of aliphatic hydroxyl groups excluding tert-OH is 1. The van der Waals surface area contributed by atoms with Gasteiger partial charge in [-0.25, -0.2) is 4.79 Å². The minimum absolute atomic E-state index is 0.113. The molecule has 2 amide bonds. The predicted molar refractivity (Wildman–Crippen MR) is 55.1 cm³/mol. The molecule has 1 fully saturated rings. The molecule has 14 heavy (non-hydrogen) atoms. The first-order chi connectivity index (χ1) is 6.83. The summed E-state index contributed by atoms with van der Waals surface area (Å²) in [6.45, 7) is 1.45. The van der Waals surface area contributed by atoms with Crippen LogP contribution in [0.15, 0.2) is 0 Å². The van der Waals surface area contributed by atoms with Crippen molar-refractivity contribution in [1.29, 1.82) is 0 Å². The molecular formula is C10H20N2O2. The second-order valence-corrected chi connectivity index (χ2v) is 3.85. The monoisotopic (exact) mass is 200 g/mol. The van der Waals surface area contributed by atoms with Crippen LogP contribution in [0.3, 0.4) is 0 Å². The average molecular weight is 200 g/mol. The van der Waals surface area contributed by atoms with Crippen LogP contribution in [-0.4, -0.2) is 30.8 Å². The second kappa shape index (κ2) is 6.65. The molecule has 1 saturated carbocycles. The summed E-state index contributed by atoms with van der Waals surface area (Å²) in [4.78, 5) is 11.1. The summed E-state index contributed by atoms with van der Waals surface area (Å²) in [6.07, 6.45) is 5.73. The van der Waals surface area contributed by atoms with Gasteiger partial charge < -0.3 is 15.7 Å². The first-order valence-electron chi connectivity index (χ1n) is 5.45. The standard InChI is InChI=1S/C10H20N2O2/c13-8-2-6-11-10(14)12-7-5-9-3-1-4-9/h9,13H,1-8H2,(H2,11,12,14). The molecule has 1 aliphatic rings. The van der Waals surface area contributed by atoms with Crippen molar-refractivity contribution in [1.82, 2.24) is 10.6 Å². The van der Waals surface area contributed by atoms with Gasteiger partial charge in [-0.3, -0.25) is 0 Å². The summed E-state index contributed by atoms with van der Waals surface area (Å²) >= 11 is 0. The molecule has 4 nitrogen and oxygen atoms in total.